The van der Waals surface area contributed by atoms with Gasteiger partial charge < -0.3 is 161 Å². The molecule has 21 aliphatic rings. The summed E-state index contributed by atoms with van der Waals surface area (Å²) in [5, 5.41) is 4.22. The van der Waals surface area contributed by atoms with Gasteiger partial charge in [-0.2, -0.15) is 0 Å². The number of hydrogen-bond donors (Lipinski definition) is 0. The van der Waals surface area contributed by atoms with Gasteiger partial charge in [0.15, 0.2) is 44.0 Å². The van der Waals surface area contributed by atoms with Gasteiger partial charge in [0.1, 0.15) is 165 Å². The van der Waals surface area contributed by atoms with Crippen LogP contribution in [0, 0.1) is 0 Å². The molecular formula is C62H109N3O34. The van der Waals surface area contributed by atoms with Crippen molar-refractivity contribution in [3.05, 3.63) is 10.4 Å². The zero-order chi connectivity index (χ0) is 71.6. The van der Waals surface area contributed by atoms with Gasteiger partial charge in [-0.1, -0.05) is 5.11 Å². The molecule has 37 heteroatoms. The Labute approximate surface area is 578 Å². The van der Waals surface area contributed by atoms with Gasteiger partial charge in [-0.3, -0.25) is 0 Å². The van der Waals surface area contributed by atoms with E-state index in [1.54, 1.807) is 0 Å². The van der Waals surface area contributed by atoms with Crippen molar-refractivity contribution < 1.29 is 161 Å². The molecule has 14 bridgehead atoms. The van der Waals surface area contributed by atoms with Crippen molar-refractivity contribution in [2.75, 3.05) is 188 Å². The molecule has 21 saturated heterocycles. The summed E-state index contributed by atoms with van der Waals surface area (Å²) < 4.78 is 219. The molecule has 0 aromatic carbocycles. The normalized spacial score (nSPS) is 45.6. The van der Waals surface area contributed by atoms with Crippen molar-refractivity contribution in [1.82, 2.24) is 0 Å². The first-order chi connectivity index (χ1) is 48.2. The van der Waals surface area contributed by atoms with Gasteiger partial charge in [0.2, 0.25) is 0 Å². The lowest BCUT2D eigenvalue weighted by Crippen LogP contribution is -2.69. The predicted octanol–water partition coefficient (Wildman–Crippen LogP) is -0.831. The van der Waals surface area contributed by atoms with E-state index in [1.165, 1.54) is 142 Å². The average molecular weight is 1440 g/mol. The minimum Gasteiger partial charge on any atom is -0.382 e. The van der Waals surface area contributed by atoms with Gasteiger partial charge in [-0.05, 0) is 5.53 Å². The number of nitrogens with zero attached hydrogens (tertiary/aromatic N) is 3. The van der Waals surface area contributed by atoms with Crippen LogP contribution in [0.25, 0.3) is 10.4 Å². The Kier molecular flexibility index (Phi) is 33.9. The number of methoxy groups -OCH3 is 20. The van der Waals surface area contributed by atoms with Gasteiger partial charge in [-0.25, -0.2) is 0 Å². The van der Waals surface area contributed by atoms with Crippen molar-refractivity contribution in [3.8, 4) is 0 Å². The minimum absolute atomic E-state index is 0.0494. The van der Waals surface area contributed by atoms with Crippen molar-refractivity contribution in [2.24, 2.45) is 5.11 Å². The van der Waals surface area contributed by atoms with Crippen LogP contribution in [0.2, 0.25) is 0 Å². The largest absolute Gasteiger partial charge is 0.382 e. The van der Waals surface area contributed by atoms with Crippen LogP contribution in [0.5, 0.6) is 0 Å². The number of azide groups is 1. The van der Waals surface area contributed by atoms with E-state index >= 15 is 0 Å². The zero-order valence-corrected chi connectivity index (χ0v) is 60.4. The lowest BCUT2D eigenvalue weighted by atomic mass is 9.94. The molecule has 0 radical (unpaired) electrons. The third-order valence-electron chi connectivity index (χ3n) is 19.2. The summed E-state index contributed by atoms with van der Waals surface area (Å²) in [7, 11) is 29.7. The molecule has 99 heavy (non-hydrogen) atoms. The second-order valence-corrected chi connectivity index (χ2v) is 24.5. The fourth-order valence-corrected chi connectivity index (χ4v) is 14.8. The molecule has 21 fully saturated rings. The van der Waals surface area contributed by atoms with Gasteiger partial charge in [0.05, 0.1) is 52.4 Å². The molecule has 0 amide bonds. The second-order valence-electron chi connectivity index (χ2n) is 24.5. The van der Waals surface area contributed by atoms with Crippen LogP contribution in [0.15, 0.2) is 5.11 Å². The molecule has 0 aliphatic carbocycles. The highest BCUT2D eigenvalue weighted by atomic mass is 16.8. The number of rotatable bonds is 28. The van der Waals surface area contributed by atoms with E-state index in [0.717, 1.165) is 0 Å². The highest BCUT2D eigenvalue weighted by molar-refractivity contribution is 5.05. The fourth-order valence-electron chi connectivity index (χ4n) is 14.8. The molecule has 21 aliphatic heterocycles. The first-order valence-electron chi connectivity index (χ1n) is 32.7. The van der Waals surface area contributed by atoms with Gasteiger partial charge in [-0.15, -0.1) is 0 Å². The van der Waals surface area contributed by atoms with E-state index in [1.807, 2.05) is 0 Å². The van der Waals surface area contributed by atoms with Crippen molar-refractivity contribution in [1.29, 1.82) is 0 Å². The van der Waals surface area contributed by atoms with Crippen LogP contribution in [0.1, 0.15) is 0 Å². The van der Waals surface area contributed by atoms with Crippen LogP contribution >= 0.6 is 0 Å². The SMILES string of the molecule is COC[C@H]1O[C@@H]2O[C@H]3[C@H](OC)[C@@H](OC)[C@@H](O[C@H]4[C@H](OC)[C@@H](OC)[C@@H](O[C@H]5[C@H](OC)[C@@H](OC)[C@@H](O[C@H]6[C@H](OC)[C@@H](OC)[C@@H](O[C@H]7[C@H](OC)[C@@H](OC)[C@@H](O[C@H]8[C@H](OC)[C@H](N=[N+]=[N-])[C@@H](O[C@H]1[C@H](OC)[C@H]2OC)O[C@@H]8COC)O[C@@H]7COC)O[C@@H]6COC)O[C@@H]5COC)O[C@@H]4COC)O[C@@H]3COC. The number of hydrogen-bond acceptors (Lipinski definition) is 35. The zero-order valence-electron chi connectivity index (χ0n) is 60.4. The Morgan fingerprint density at radius 2 is 0.364 bits per heavy atom. The Balaban J connectivity index is 1.24. The van der Waals surface area contributed by atoms with Crippen LogP contribution in [0.4, 0.5) is 0 Å². The first kappa shape index (κ1) is 82.6. The van der Waals surface area contributed by atoms with Gasteiger partial charge in [0, 0.05) is 147 Å². The second kappa shape index (κ2) is 40.6. The highest BCUT2D eigenvalue weighted by Gasteiger charge is 2.62. The molecule has 0 unspecified atom stereocenters. The Bertz CT molecular complexity index is 2330. The summed E-state index contributed by atoms with van der Waals surface area (Å²) in [6.07, 6.45) is -36.6. The van der Waals surface area contributed by atoms with Crippen molar-refractivity contribution >= 4 is 0 Å². The van der Waals surface area contributed by atoms with Crippen LogP contribution in [-0.2, 0) is 161 Å². The third-order valence-corrected chi connectivity index (χ3v) is 19.2. The van der Waals surface area contributed by atoms with Gasteiger partial charge >= 0.3 is 0 Å². The van der Waals surface area contributed by atoms with Crippen molar-refractivity contribution in [2.45, 2.75) is 215 Å². The molecule has 21 rings (SSSR count). The fraction of sp³-hybridized carbons (Fsp3) is 1.00. The van der Waals surface area contributed by atoms with Crippen molar-refractivity contribution in [3.63, 3.8) is 0 Å². The molecule has 21 heterocycles. The molecule has 35 atom stereocenters. The Morgan fingerprint density at radius 3 is 0.515 bits per heavy atom. The molecule has 0 saturated carbocycles. The number of ether oxygens (including phenoxy) is 34. The summed E-state index contributed by atoms with van der Waals surface area (Å²) in [4.78, 5) is 3.24. The lowest BCUT2D eigenvalue weighted by molar-refractivity contribution is -0.402. The van der Waals surface area contributed by atoms with E-state index in [0.29, 0.717) is 0 Å². The first-order valence-corrected chi connectivity index (χ1v) is 32.7. The third kappa shape index (κ3) is 18.2. The maximum atomic E-state index is 10.3. The average Bonchev–Trinajstić information content (AvgIpc) is 0.791. The summed E-state index contributed by atoms with van der Waals surface area (Å²) in [6, 6.07) is -1.29. The molecule has 576 valence electrons. The topological polar surface area (TPSA) is 363 Å². The smallest absolute Gasteiger partial charge is 0.187 e. The van der Waals surface area contributed by atoms with E-state index in [-0.39, 0.29) is 46.2 Å². The summed E-state index contributed by atoms with van der Waals surface area (Å²) in [5.74, 6) is 0. The molecule has 37 nitrogen and oxygen atoms in total. The van der Waals surface area contributed by atoms with Crippen LogP contribution in [-0.4, -0.2) is 403 Å². The van der Waals surface area contributed by atoms with E-state index in [4.69, 9.17) is 161 Å². The Hall–Kier alpha value is -2.05. The predicted molar refractivity (Wildman–Crippen MR) is 331 cm³/mol. The van der Waals surface area contributed by atoms with E-state index in [2.05, 4.69) is 10.0 Å². The van der Waals surface area contributed by atoms with Crippen LogP contribution < -0.4 is 0 Å². The lowest BCUT2D eigenvalue weighted by Gasteiger charge is -2.52. The standard InChI is InChI=1S/C62H109N3O34/c1-66-21-28-36-43(73-8)35(64-65-63)56(86-28)93-37-29(22-67-2)87-58(50(80-15)44(37)74-9)95-39-31(24-69-4)89-60(52(82-17)46(39)76-11)97-41-33(26-71-6)91-62(54(84-19)48(41)78-13)99-42-34(27-72-7)92-61(55(85-20)49(42)79-14)98-40-32(25-70-5)90-59(53(83-18)47(40)77-12)96-38-30(23-68-3)88-57(94-36)51(81-16)45(38)75-10/h28-62H,21-27H2,1-20H3/t28-,29-,30-,31-,32-,33-,34-,35+,36-,37-,38-,39-,40-,41-,42-,43-,44+,45+,46+,47+,48+,49+,50-,51-,52-,53-,54-,55-,56-,57-,58-,59-,60-,61-,62-/m1/s1. The molecule has 0 N–H and O–H groups in total. The molecule has 0 aromatic heterocycles. The molecular weight excluding hydrogens is 1330 g/mol. The van der Waals surface area contributed by atoms with E-state index in [9.17, 15) is 5.53 Å². The quantitative estimate of drug-likeness (QED) is 0.0524. The summed E-state index contributed by atoms with van der Waals surface area (Å²) >= 11 is 0. The monoisotopic (exact) mass is 1440 g/mol. The summed E-state index contributed by atoms with van der Waals surface area (Å²) in [6.45, 7) is -0.516. The van der Waals surface area contributed by atoms with Crippen LogP contribution in [0.3, 0.4) is 0 Å². The maximum Gasteiger partial charge on any atom is 0.187 e. The minimum atomic E-state index is -1.41. The highest BCUT2D eigenvalue weighted by Crippen LogP contribution is 2.43. The molecule has 0 spiro atoms. The van der Waals surface area contributed by atoms with Gasteiger partial charge in [0.25, 0.3) is 0 Å². The summed E-state index contributed by atoms with van der Waals surface area (Å²) in [5.41, 5.74) is 10.3. The Morgan fingerprint density at radius 1 is 0.212 bits per heavy atom. The van der Waals surface area contributed by atoms with E-state index < -0.39 is 215 Å². The maximum absolute atomic E-state index is 10.3. The molecule has 0 aromatic rings.